The molecule has 0 aliphatic carbocycles. The molecule has 0 amide bonds. The van der Waals surface area contributed by atoms with E-state index in [-0.39, 0.29) is 23.6 Å². The van der Waals surface area contributed by atoms with Crippen LogP contribution in [0.1, 0.15) is 17.5 Å². The lowest BCUT2D eigenvalue weighted by atomic mass is 10.2. The Hall–Kier alpha value is -2.37. The van der Waals surface area contributed by atoms with Crippen LogP contribution in [0.3, 0.4) is 0 Å². The topological polar surface area (TPSA) is 82.6 Å². The van der Waals surface area contributed by atoms with Crippen LogP contribution in [0.15, 0.2) is 28.7 Å². The number of nitro benzene ring substituents is 1. The van der Waals surface area contributed by atoms with Crippen LogP contribution in [0, 0.1) is 10.1 Å². The van der Waals surface area contributed by atoms with Gasteiger partial charge in [-0.05, 0) is 13.0 Å². The third-order valence-corrected chi connectivity index (χ3v) is 2.20. The van der Waals surface area contributed by atoms with Crippen molar-refractivity contribution < 1.29 is 18.9 Å². The molecule has 0 radical (unpaired) electrons. The standard InChI is InChI=1S/C11H9NO5/c1-2-16-11(13)9-6-7-4-3-5-8(12(14)15)10(7)17-9/h3-6H,2H2,1H3. The van der Waals surface area contributed by atoms with Gasteiger partial charge in [0.25, 0.3) is 0 Å². The summed E-state index contributed by atoms with van der Waals surface area (Å²) < 4.78 is 9.91. The molecular weight excluding hydrogens is 226 g/mol. The minimum Gasteiger partial charge on any atom is -0.460 e. The Kier molecular flexibility index (Phi) is 2.78. The average Bonchev–Trinajstić information content (AvgIpc) is 2.72. The molecular formula is C11H9NO5. The summed E-state index contributed by atoms with van der Waals surface area (Å²) in [6, 6.07) is 5.92. The first kappa shape index (κ1) is 11.1. The Morgan fingerprint density at radius 3 is 2.94 bits per heavy atom. The van der Waals surface area contributed by atoms with Gasteiger partial charge in [0.15, 0.2) is 0 Å². The van der Waals surface area contributed by atoms with E-state index < -0.39 is 10.9 Å². The second kappa shape index (κ2) is 4.25. The fraction of sp³-hybridized carbons (Fsp3) is 0.182. The minimum atomic E-state index is -0.627. The molecule has 1 aromatic heterocycles. The third kappa shape index (κ3) is 1.96. The highest BCUT2D eigenvalue weighted by Gasteiger charge is 2.19. The lowest BCUT2D eigenvalue weighted by molar-refractivity contribution is -0.383. The van der Waals surface area contributed by atoms with Gasteiger partial charge in [-0.1, -0.05) is 12.1 Å². The largest absolute Gasteiger partial charge is 0.460 e. The van der Waals surface area contributed by atoms with Crippen molar-refractivity contribution in [3.8, 4) is 0 Å². The van der Waals surface area contributed by atoms with Crippen LogP contribution in [0.25, 0.3) is 11.0 Å². The maximum atomic E-state index is 11.4. The zero-order valence-corrected chi connectivity index (χ0v) is 9.00. The predicted molar refractivity (Wildman–Crippen MR) is 58.8 cm³/mol. The number of esters is 1. The molecule has 1 heterocycles. The number of nitrogens with zero attached hydrogens (tertiary/aromatic N) is 1. The maximum Gasteiger partial charge on any atom is 0.374 e. The van der Waals surface area contributed by atoms with Gasteiger partial charge >= 0.3 is 11.7 Å². The summed E-state index contributed by atoms with van der Waals surface area (Å²) in [6.07, 6.45) is 0. The van der Waals surface area contributed by atoms with Crippen molar-refractivity contribution in [3.05, 3.63) is 40.1 Å². The predicted octanol–water partition coefficient (Wildman–Crippen LogP) is 2.52. The molecule has 0 saturated carbocycles. The number of nitro groups is 1. The zero-order chi connectivity index (χ0) is 12.4. The molecule has 0 spiro atoms. The van der Waals surface area contributed by atoms with Crippen LogP contribution in [0.5, 0.6) is 0 Å². The van der Waals surface area contributed by atoms with Gasteiger partial charge in [-0.2, -0.15) is 0 Å². The van der Waals surface area contributed by atoms with Crippen molar-refractivity contribution in [1.29, 1.82) is 0 Å². The number of ether oxygens (including phenoxy) is 1. The Morgan fingerprint density at radius 1 is 1.53 bits per heavy atom. The Bertz CT molecular complexity index is 587. The van der Waals surface area contributed by atoms with Crippen molar-refractivity contribution >= 4 is 22.6 Å². The fourth-order valence-electron chi connectivity index (χ4n) is 1.49. The summed E-state index contributed by atoms with van der Waals surface area (Å²) >= 11 is 0. The molecule has 2 rings (SSSR count). The molecule has 1 aromatic carbocycles. The van der Waals surface area contributed by atoms with Crippen molar-refractivity contribution in [2.24, 2.45) is 0 Å². The van der Waals surface area contributed by atoms with E-state index in [1.807, 2.05) is 0 Å². The first-order valence-corrected chi connectivity index (χ1v) is 4.97. The van der Waals surface area contributed by atoms with Gasteiger partial charge in [0.2, 0.25) is 11.3 Å². The van der Waals surface area contributed by atoms with E-state index in [1.165, 1.54) is 18.2 Å². The quantitative estimate of drug-likeness (QED) is 0.463. The van der Waals surface area contributed by atoms with Crippen LogP contribution in [0.4, 0.5) is 5.69 Å². The smallest absolute Gasteiger partial charge is 0.374 e. The van der Waals surface area contributed by atoms with Crippen LogP contribution >= 0.6 is 0 Å². The SMILES string of the molecule is CCOC(=O)c1cc2cccc([N+](=O)[O-])c2o1. The summed E-state index contributed by atoms with van der Waals surface area (Å²) in [5.41, 5.74) is -0.0846. The van der Waals surface area contributed by atoms with Crippen LogP contribution < -0.4 is 0 Å². The van der Waals surface area contributed by atoms with Gasteiger partial charge < -0.3 is 9.15 Å². The van der Waals surface area contributed by atoms with Gasteiger partial charge in [0.1, 0.15) is 0 Å². The first-order valence-electron chi connectivity index (χ1n) is 4.97. The monoisotopic (exact) mass is 235 g/mol. The highest BCUT2D eigenvalue weighted by Crippen LogP contribution is 2.28. The molecule has 0 fully saturated rings. The van der Waals surface area contributed by atoms with E-state index in [9.17, 15) is 14.9 Å². The van der Waals surface area contributed by atoms with Crippen molar-refractivity contribution in [2.45, 2.75) is 6.92 Å². The van der Waals surface area contributed by atoms with Gasteiger partial charge in [-0.15, -0.1) is 0 Å². The molecule has 0 N–H and O–H groups in total. The molecule has 0 atom stereocenters. The molecule has 17 heavy (non-hydrogen) atoms. The van der Waals surface area contributed by atoms with Gasteiger partial charge in [0.05, 0.1) is 11.5 Å². The number of para-hydroxylation sites is 1. The number of carbonyl (C=O) groups is 1. The molecule has 0 unspecified atom stereocenters. The Balaban J connectivity index is 2.54. The zero-order valence-electron chi connectivity index (χ0n) is 9.00. The number of fused-ring (bicyclic) bond motifs is 1. The second-order valence-corrected chi connectivity index (χ2v) is 3.28. The van der Waals surface area contributed by atoms with E-state index in [2.05, 4.69) is 0 Å². The van der Waals surface area contributed by atoms with Crippen LogP contribution in [-0.2, 0) is 4.74 Å². The van der Waals surface area contributed by atoms with Crippen molar-refractivity contribution in [3.63, 3.8) is 0 Å². The number of hydrogen-bond acceptors (Lipinski definition) is 5. The normalized spacial score (nSPS) is 10.4. The summed E-state index contributed by atoms with van der Waals surface area (Å²) in [4.78, 5) is 21.6. The highest BCUT2D eigenvalue weighted by molar-refractivity contribution is 5.95. The van der Waals surface area contributed by atoms with Gasteiger partial charge in [0, 0.05) is 11.5 Å². The third-order valence-electron chi connectivity index (χ3n) is 2.20. The van der Waals surface area contributed by atoms with Gasteiger partial charge in [-0.3, -0.25) is 10.1 Å². The molecule has 6 nitrogen and oxygen atoms in total. The van der Waals surface area contributed by atoms with Crippen LogP contribution in [0.2, 0.25) is 0 Å². The summed E-state index contributed by atoms with van der Waals surface area (Å²) in [5, 5.41) is 11.3. The molecule has 0 saturated heterocycles. The van der Waals surface area contributed by atoms with Crippen LogP contribution in [-0.4, -0.2) is 17.5 Å². The van der Waals surface area contributed by atoms with Crippen molar-refractivity contribution in [2.75, 3.05) is 6.61 Å². The number of benzene rings is 1. The summed E-state index contributed by atoms with van der Waals surface area (Å²) in [5.74, 6) is -0.658. The Labute approximate surface area is 95.9 Å². The summed E-state index contributed by atoms with van der Waals surface area (Å²) in [7, 11) is 0. The number of rotatable bonds is 3. The van der Waals surface area contributed by atoms with E-state index in [0.717, 1.165) is 0 Å². The second-order valence-electron chi connectivity index (χ2n) is 3.28. The summed E-state index contributed by atoms with van der Waals surface area (Å²) in [6.45, 7) is 1.89. The molecule has 2 aromatic rings. The fourth-order valence-corrected chi connectivity index (χ4v) is 1.49. The van der Waals surface area contributed by atoms with E-state index >= 15 is 0 Å². The number of hydrogen-bond donors (Lipinski definition) is 0. The molecule has 88 valence electrons. The average molecular weight is 235 g/mol. The molecule has 0 aliphatic rings. The number of carbonyl (C=O) groups excluding carboxylic acids is 1. The number of non-ortho nitro benzene ring substituents is 1. The first-order chi connectivity index (χ1) is 8.13. The van der Waals surface area contributed by atoms with E-state index in [0.29, 0.717) is 5.39 Å². The lowest BCUT2D eigenvalue weighted by Crippen LogP contribution is -2.02. The molecule has 0 bridgehead atoms. The molecule has 0 aliphatic heterocycles. The maximum absolute atomic E-state index is 11.4. The Morgan fingerprint density at radius 2 is 2.29 bits per heavy atom. The van der Waals surface area contributed by atoms with E-state index in [4.69, 9.17) is 9.15 Å². The highest BCUT2D eigenvalue weighted by atomic mass is 16.6. The number of furan rings is 1. The van der Waals surface area contributed by atoms with Gasteiger partial charge in [-0.25, -0.2) is 4.79 Å². The minimum absolute atomic E-state index is 0.0313. The van der Waals surface area contributed by atoms with Crippen molar-refractivity contribution in [1.82, 2.24) is 0 Å². The lowest BCUT2D eigenvalue weighted by Gasteiger charge is -1.95. The molecule has 6 heteroatoms. The van der Waals surface area contributed by atoms with E-state index in [1.54, 1.807) is 13.0 Å².